The quantitative estimate of drug-likeness (QED) is 0.862. The summed E-state index contributed by atoms with van der Waals surface area (Å²) in [7, 11) is 0. The second kappa shape index (κ2) is 5.48. The number of benzene rings is 1. The van der Waals surface area contributed by atoms with Crippen LogP contribution in [0.3, 0.4) is 0 Å². The van der Waals surface area contributed by atoms with Gasteiger partial charge in [-0.2, -0.15) is 0 Å². The van der Waals surface area contributed by atoms with Crippen molar-refractivity contribution in [1.82, 2.24) is 0 Å². The Kier molecular flexibility index (Phi) is 3.95. The Morgan fingerprint density at radius 3 is 2.68 bits per heavy atom. The normalized spacial score (nSPS) is 15.5. The highest BCUT2D eigenvalue weighted by molar-refractivity contribution is 8.03. The van der Waals surface area contributed by atoms with E-state index in [1.807, 2.05) is 25.1 Å². The van der Waals surface area contributed by atoms with Crippen LogP contribution >= 0.6 is 11.8 Å². The minimum atomic E-state index is -0.0897. The number of rotatable bonds is 3. The first kappa shape index (κ1) is 13.7. The van der Waals surface area contributed by atoms with E-state index in [4.69, 9.17) is 0 Å². The van der Waals surface area contributed by atoms with Gasteiger partial charge in [-0.3, -0.25) is 9.59 Å². The molecule has 1 aliphatic heterocycles. The van der Waals surface area contributed by atoms with Crippen molar-refractivity contribution < 1.29 is 9.59 Å². The number of allylic oxidation sites excluding steroid dienone is 1. The van der Waals surface area contributed by atoms with Crippen LogP contribution in [0.1, 0.15) is 20.8 Å². The molecule has 1 amide bonds. The van der Waals surface area contributed by atoms with Crippen molar-refractivity contribution in [2.45, 2.75) is 25.7 Å². The fraction of sp³-hybridized carbons (Fsp3) is 0.286. The van der Waals surface area contributed by atoms with Crippen molar-refractivity contribution in [3.8, 4) is 0 Å². The van der Waals surface area contributed by atoms with Crippen LogP contribution in [0, 0.1) is 0 Å². The average Bonchev–Trinajstić information content (AvgIpc) is 2.63. The molecule has 0 atom stereocenters. The molecule has 5 heteroatoms. The molecule has 0 unspecified atom stereocenters. The monoisotopic (exact) mass is 276 g/mol. The summed E-state index contributed by atoms with van der Waals surface area (Å²) in [5.74, 6) is -0.0519. The van der Waals surface area contributed by atoms with Gasteiger partial charge in [-0.1, -0.05) is 11.8 Å². The van der Waals surface area contributed by atoms with Crippen molar-refractivity contribution in [3.05, 3.63) is 29.3 Å². The molecular weight excluding hydrogens is 260 g/mol. The molecule has 4 nitrogen and oxygen atoms in total. The van der Waals surface area contributed by atoms with E-state index in [-0.39, 0.29) is 11.7 Å². The second-order valence-corrected chi connectivity index (χ2v) is 5.37. The molecule has 1 aromatic carbocycles. The van der Waals surface area contributed by atoms with Crippen LogP contribution in [0.5, 0.6) is 0 Å². The zero-order chi connectivity index (χ0) is 14.0. The number of hydrogen-bond donors (Lipinski definition) is 1. The summed E-state index contributed by atoms with van der Waals surface area (Å²) in [6.07, 6.45) is 1.65. The zero-order valence-corrected chi connectivity index (χ0v) is 12.0. The maximum atomic E-state index is 11.3. The predicted octanol–water partition coefficient (Wildman–Crippen LogP) is 3.01. The molecule has 0 aromatic heterocycles. The van der Waals surface area contributed by atoms with E-state index in [1.54, 1.807) is 24.8 Å². The van der Waals surface area contributed by atoms with Crippen LogP contribution in [-0.2, 0) is 9.59 Å². The van der Waals surface area contributed by atoms with Crippen molar-refractivity contribution in [1.29, 1.82) is 0 Å². The van der Waals surface area contributed by atoms with Crippen LogP contribution in [0.15, 0.2) is 34.2 Å². The first-order valence-electron chi connectivity index (χ1n) is 6.10. The minimum absolute atomic E-state index is 0.0378. The van der Waals surface area contributed by atoms with Gasteiger partial charge in [-0.15, -0.1) is 0 Å². The van der Waals surface area contributed by atoms with Gasteiger partial charge in [0.1, 0.15) is 0 Å². The molecule has 0 saturated carbocycles. The number of fused-ring (bicyclic) bond motifs is 1. The number of nitrogens with zero attached hydrogens (tertiary/aromatic N) is 1. The van der Waals surface area contributed by atoms with E-state index in [0.717, 1.165) is 27.8 Å². The van der Waals surface area contributed by atoms with Gasteiger partial charge in [0.2, 0.25) is 5.91 Å². The predicted molar refractivity (Wildman–Crippen MR) is 78.4 cm³/mol. The third kappa shape index (κ3) is 2.98. The fourth-order valence-corrected chi connectivity index (χ4v) is 3.19. The van der Waals surface area contributed by atoms with Gasteiger partial charge in [0, 0.05) is 30.1 Å². The van der Waals surface area contributed by atoms with Gasteiger partial charge in [-0.25, -0.2) is 0 Å². The SMILES string of the molecule is CCN1/C(=C/C(C)=O)Sc2ccc(NC(C)=O)cc21. The molecule has 0 fully saturated rings. The van der Waals surface area contributed by atoms with Gasteiger partial charge in [0.05, 0.1) is 10.7 Å². The van der Waals surface area contributed by atoms with Crippen LogP contribution in [0.25, 0.3) is 0 Å². The summed E-state index contributed by atoms with van der Waals surface area (Å²) in [6.45, 7) is 5.85. The Balaban J connectivity index is 2.37. The van der Waals surface area contributed by atoms with Crippen LogP contribution < -0.4 is 10.2 Å². The fourth-order valence-electron chi connectivity index (χ4n) is 1.99. The lowest BCUT2D eigenvalue weighted by atomic mass is 10.2. The molecule has 0 radical (unpaired) electrons. The number of carbonyl (C=O) groups is 2. The molecule has 0 aliphatic carbocycles. The Labute approximate surface area is 116 Å². The van der Waals surface area contributed by atoms with Crippen molar-refractivity contribution in [3.63, 3.8) is 0 Å². The highest BCUT2D eigenvalue weighted by Crippen LogP contribution is 2.46. The second-order valence-electron chi connectivity index (χ2n) is 4.30. The number of carbonyl (C=O) groups excluding carboxylic acids is 2. The van der Waals surface area contributed by atoms with E-state index in [1.165, 1.54) is 6.92 Å². The lowest BCUT2D eigenvalue weighted by Crippen LogP contribution is -2.17. The molecule has 0 saturated heterocycles. The zero-order valence-electron chi connectivity index (χ0n) is 11.2. The lowest BCUT2D eigenvalue weighted by molar-refractivity contribution is -0.114. The van der Waals surface area contributed by atoms with Gasteiger partial charge >= 0.3 is 0 Å². The number of ketones is 1. The largest absolute Gasteiger partial charge is 0.335 e. The highest BCUT2D eigenvalue weighted by atomic mass is 32.2. The maximum Gasteiger partial charge on any atom is 0.221 e. The van der Waals surface area contributed by atoms with Crippen molar-refractivity contribution in [2.75, 3.05) is 16.8 Å². The molecular formula is C14H16N2O2S. The lowest BCUT2D eigenvalue weighted by Gasteiger charge is -2.18. The molecule has 1 aliphatic rings. The number of anilines is 2. The summed E-state index contributed by atoms with van der Waals surface area (Å²) in [5.41, 5.74) is 1.81. The first-order chi connectivity index (χ1) is 9.01. The summed E-state index contributed by atoms with van der Waals surface area (Å²) in [6, 6.07) is 5.78. The maximum absolute atomic E-state index is 11.3. The van der Waals surface area contributed by atoms with Gasteiger partial charge in [0.25, 0.3) is 0 Å². The number of amides is 1. The third-order valence-corrected chi connectivity index (χ3v) is 3.81. The molecule has 1 heterocycles. The molecule has 0 bridgehead atoms. The average molecular weight is 276 g/mol. The third-order valence-electron chi connectivity index (χ3n) is 2.69. The smallest absolute Gasteiger partial charge is 0.221 e. The molecule has 2 rings (SSSR count). The van der Waals surface area contributed by atoms with E-state index < -0.39 is 0 Å². The van der Waals surface area contributed by atoms with E-state index in [0.29, 0.717) is 0 Å². The Morgan fingerprint density at radius 2 is 2.11 bits per heavy atom. The summed E-state index contributed by atoms with van der Waals surface area (Å²) in [5, 5.41) is 3.71. The standard InChI is InChI=1S/C14H16N2O2S/c1-4-16-12-8-11(15-10(3)18)5-6-13(12)19-14(16)7-9(2)17/h5-8H,4H2,1-3H3,(H,15,18)/b14-7-. The Bertz CT molecular complexity index is 567. The first-order valence-corrected chi connectivity index (χ1v) is 6.92. The van der Waals surface area contributed by atoms with E-state index >= 15 is 0 Å². The van der Waals surface area contributed by atoms with Crippen LogP contribution in [0.2, 0.25) is 0 Å². The molecule has 1 aromatic rings. The molecule has 19 heavy (non-hydrogen) atoms. The number of thioether (sulfide) groups is 1. The van der Waals surface area contributed by atoms with Gasteiger partial charge < -0.3 is 10.2 Å². The molecule has 0 spiro atoms. The number of hydrogen-bond acceptors (Lipinski definition) is 4. The van der Waals surface area contributed by atoms with Crippen molar-refractivity contribution >= 4 is 34.8 Å². The summed E-state index contributed by atoms with van der Waals surface area (Å²) < 4.78 is 0. The molecule has 100 valence electrons. The topological polar surface area (TPSA) is 49.4 Å². The number of nitrogens with one attached hydrogen (secondary N) is 1. The highest BCUT2D eigenvalue weighted by Gasteiger charge is 2.24. The van der Waals surface area contributed by atoms with Gasteiger partial charge in [0.15, 0.2) is 5.78 Å². The minimum Gasteiger partial charge on any atom is -0.335 e. The van der Waals surface area contributed by atoms with E-state index in [9.17, 15) is 9.59 Å². The van der Waals surface area contributed by atoms with Crippen LogP contribution in [-0.4, -0.2) is 18.2 Å². The van der Waals surface area contributed by atoms with Crippen LogP contribution in [0.4, 0.5) is 11.4 Å². The van der Waals surface area contributed by atoms with Crippen molar-refractivity contribution in [2.24, 2.45) is 0 Å². The summed E-state index contributed by atoms with van der Waals surface area (Å²) >= 11 is 1.58. The molecule has 1 N–H and O–H groups in total. The Morgan fingerprint density at radius 1 is 1.37 bits per heavy atom. The van der Waals surface area contributed by atoms with Gasteiger partial charge in [-0.05, 0) is 32.0 Å². The summed E-state index contributed by atoms with van der Waals surface area (Å²) in [4.78, 5) is 25.5. The van der Waals surface area contributed by atoms with E-state index in [2.05, 4.69) is 10.2 Å². The Hall–Kier alpha value is -1.75.